The maximum Gasteiger partial charge on any atom is 0.340 e. The Morgan fingerprint density at radius 3 is 2.56 bits per heavy atom. The molecule has 1 spiro atoms. The van der Waals surface area contributed by atoms with E-state index in [0.717, 1.165) is 36.0 Å². The minimum absolute atomic E-state index is 0.00160. The van der Waals surface area contributed by atoms with Crippen molar-refractivity contribution in [1.29, 1.82) is 0 Å². The molecular weight excluding hydrogens is 885 g/mol. The van der Waals surface area contributed by atoms with Crippen LogP contribution in [0.5, 0.6) is 5.75 Å². The summed E-state index contributed by atoms with van der Waals surface area (Å²) in [5, 5.41) is 31.8. The van der Waals surface area contributed by atoms with Crippen molar-refractivity contribution >= 4 is 22.9 Å². The summed E-state index contributed by atoms with van der Waals surface area (Å²) in [5.74, 6) is 5.16. The molecule has 7 bridgehead atoms. The molecule has 11 nitrogen and oxygen atoms in total. The van der Waals surface area contributed by atoms with Gasteiger partial charge in [0.2, 0.25) is 0 Å². The molecule has 5 aromatic rings. The summed E-state index contributed by atoms with van der Waals surface area (Å²) in [6, 6.07) is 29.1. The third-order valence-electron chi connectivity index (χ3n) is 15.8. The summed E-state index contributed by atoms with van der Waals surface area (Å²) in [5.41, 5.74) is 5.55. The number of carbonyl (C=O) groups is 2. The lowest BCUT2D eigenvalue weighted by Gasteiger charge is -2.48. The summed E-state index contributed by atoms with van der Waals surface area (Å²) in [6.45, 7) is 2.41. The molecule has 0 saturated heterocycles. The zero-order valence-electron chi connectivity index (χ0n) is 40.0. The van der Waals surface area contributed by atoms with Crippen LogP contribution in [0.25, 0.3) is 11.0 Å². The van der Waals surface area contributed by atoms with E-state index in [-0.39, 0.29) is 91.3 Å². The van der Waals surface area contributed by atoms with Crippen molar-refractivity contribution in [1.82, 2.24) is 0 Å². The fourth-order valence-corrected chi connectivity index (χ4v) is 12.2. The molecule has 0 fully saturated rings. The predicted molar refractivity (Wildman–Crippen MR) is 263 cm³/mol. The topological polar surface area (TPSA) is 162 Å². The number of methoxy groups -OCH3 is 1. The van der Waals surface area contributed by atoms with E-state index in [1.807, 2.05) is 6.07 Å². The van der Waals surface area contributed by atoms with Crippen LogP contribution in [0.1, 0.15) is 133 Å². The molecule has 5 heterocycles. The number of aryl methyl sites for hydroxylation is 1. The molecular formula is C59H60O11. The Kier molecular flexibility index (Phi) is 13.2. The zero-order valence-corrected chi connectivity index (χ0v) is 40.0. The van der Waals surface area contributed by atoms with Gasteiger partial charge in [0.05, 0.1) is 31.8 Å². The minimum Gasteiger partial charge on any atom is -0.482 e. The maximum absolute atomic E-state index is 15.3. The maximum atomic E-state index is 15.3. The second-order valence-corrected chi connectivity index (χ2v) is 20.1. The Balaban J connectivity index is 1.16. The molecule has 0 amide bonds. The number of aliphatic hydroxyl groups is 3. The van der Waals surface area contributed by atoms with Crippen molar-refractivity contribution in [3.63, 3.8) is 0 Å². The van der Waals surface area contributed by atoms with Gasteiger partial charge in [-0.25, -0.2) is 9.59 Å². The number of fused-ring (bicyclic) bond motifs is 7. The lowest BCUT2D eigenvalue weighted by molar-refractivity contribution is -0.190. The fraction of sp³-hybridized carbons (Fsp3) is 0.407. The molecule has 4 aliphatic heterocycles. The highest BCUT2D eigenvalue weighted by Crippen LogP contribution is 2.56. The van der Waals surface area contributed by atoms with Gasteiger partial charge in [-0.2, -0.15) is 0 Å². The average Bonchev–Trinajstić information content (AvgIpc) is 3.35. The monoisotopic (exact) mass is 944 g/mol. The largest absolute Gasteiger partial charge is 0.482 e. The zero-order chi connectivity index (χ0) is 48.7. The van der Waals surface area contributed by atoms with Gasteiger partial charge in [0, 0.05) is 59.8 Å². The molecule has 0 saturated carbocycles. The van der Waals surface area contributed by atoms with E-state index >= 15 is 4.79 Å². The predicted octanol–water partition coefficient (Wildman–Crippen LogP) is 8.86. The van der Waals surface area contributed by atoms with Crippen LogP contribution in [0.2, 0.25) is 0 Å². The molecule has 362 valence electrons. The van der Waals surface area contributed by atoms with Gasteiger partial charge >= 0.3 is 17.6 Å². The lowest BCUT2D eigenvalue weighted by atomic mass is 9.55. The Morgan fingerprint density at radius 2 is 1.77 bits per heavy atom. The van der Waals surface area contributed by atoms with Crippen LogP contribution >= 0.6 is 0 Å². The van der Waals surface area contributed by atoms with Gasteiger partial charge in [0.25, 0.3) is 0 Å². The number of esters is 2. The van der Waals surface area contributed by atoms with Crippen molar-refractivity contribution in [3.05, 3.63) is 169 Å². The highest BCUT2D eigenvalue weighted by Gasteiger charge is 2.54. The summed E-state index contributed by atoms with van der Waals surface area (Å²) in [6.07, 6.45) is 5.98. The summed E-state index contributed by atoms with van der Waals surface area (Å²) < 4.78 is 32.0. The molecule has 4 aromatic carbocycles. The standard InChI is InChI=1S/C59H60O11/c1-35(32-61)44-16-14-37-15-18-48-46(29-37)39-13-8-23-58(2)55(69-56(44)64)54(52-49(70-58)19-17-45-47(33-62)51(57(65)68-53(45)52)42(22-26-60)34-66-3)67-50(63)31-43-30-41(21-25-59(43,48)24-20-39)40-12-7-11-38(28-40)27-36-9-5-4-6-10-36/h4-7,9-12,15,17-19,21,25,28-29,39,41-43,54-55,60-62H,14,16,20,22-24,26-27,30-34H2,1-3H3/b44-35-/t39-,41+,42+,43-,54+,55-,58+,59+/m0/s1. The highest BCUT2D eigenvalue weighted by atomic mass is 16.6. The molecule has 0 unspecified atom stereocenters. The SMILES string of the molecule is COC[C@@H](CCO)c1c(CO)c2ccc3c(c2oc1=O)[C@H]1OC(=O)C[C@@H]2C[C@H](c4cccc(Cc5ccccc5)c4)C=C[C@]24CC[C@@H]2C#CC[C@@](C)(O3)[C@H]1OC(=O)/C(=C(/C)CO)CCc1ccc4c2c1. The van der Waals surface area contributed by atoms with E-state index < -0.39 is 53.3 Å². The van der Waals surface area contributed by atoms with Crippen LogP contribution in [0.15, 0.2) is 117 Å². The first-order chi connectivity index (χ1) is 34.0. The normalized spacial score (nSPS) is 26.9. The van der Waals surface area contributed by atoms with Gasteiger partial charge in [0.1, 0.15) is 11.3 Å². The average molecular weight is 945 g/mol. The Bertz CT molecular complexity index is 3020. The van der Waals surface area contributed by atoms with Crippen LogP contribution in [0.3, 0.4) is 0 Å². The summed E-state index contributed by atoms with van der Waals surface area (Å²) in [7, 11) is 1.49. The lowest BCUT2D eigenvalue weighted by Crippen LogP contribution is -2.54. The molecule has 70 heavy (non-hydrogen) atoms. The summed E-state index contributed by atoms with van der Waals surface area (Å²) in [4.78, 5) is 44.4. The Morgan fingerprint density at radius 1 is 0.943 bits per heavy atom. The number of carbonyl (C=O) groups excluding carboxylic acids is 2. The van der Waals surface area contributed by atoms with Gasteiger partial charge in [-0.1, -0.05) is 96.8 Å². The quantitative estimate of drug-likeness (QED) is 0.0403. The first-order valence-electron chi connectivity index (χ1n) is 24.6. The van der Waals surface area contributed by atoms with Crippen LogP contribution in [0.4, 0.5) is 0 Å². The number of aliphatic hydroxyl groups excluding tert-OH is 3. The van der Waals surface area contributed by atoms with Gasteiger partial charge < -0.3 is 38.7 Å². The minimum atomic E-state index is -1.40. The van der Waals surface area contributed by atoms with Crippen molar-refractivity contribution < 1.29 is 48.3 Å². The van der Waals surface area contributed by atoms with Crippen molar-refractivity contribution in [2.24, 2.45) is 5.92 Å². The molecule has 6 aliphatic rings. The molecule has 8 atom stereocenters. The number of hydrogen-bond donors (Lipinski definition) is 3. The van der Waals surface area contributed by atoms with E-state index in [4.69, 9.17) is 23.4 Å². The van der Waals surface area contributed by atoms with Crippen molar-refractivity contribution in [3.8, 4) is 17.6 Å². The van der Waals surface area contributed by atoms with Gasteiger partial charge in [-0.05, 0) is 121 Å². The number of benzene rings is 4. The molecule has 11 heteroatoms. The Hall–Kier alpha value is -6.29. The first kappa shape index (κ1) is 47.4. The van der Waals surface area contributed by atoms with Crippen LogP contribution in [-0.2, 0) is 48.7 Å². The molecule has 0 radical (unpaired) electrons. The van der Waals surface area contributed by atoms with E-state index in [2.05, 4.69) is 90.7 Å². The number of hydrogen-bond acceptors (Lipinski definition) is 11. The second-order valence-electron chi connectivity index (χ2n) is 20.1. The number of rotatable bonds is 10. The fourth-order valence-electron chi connectivity index (χ4n) is 12.2. The van der Waals surface area contributed by atoms with Crippen LogP contribution < -0.4 is 10.4 Å². The van der Waals surface area contributed by atoms with E-state index in [1.54, 1.807) is 26.0 Å². The molecule has 11 rings (SSSR count). The smallest absolute Gasteiger partial charge is 0.340 e. The van der Waals surface area contributed by atoms with Gasteiger partial charge in [-0.15, -0.1) is 0 Å². The molecule has 1 aromatic heterocycles. The second kappa shape index (κ2) is 19.5. The van der Waals surface area contributed by atoms with Crippen LogP contribution in [-0.4, -0.2) is 65.9 Å². The van der Waals surface area contributed by atoms with E-state index in [9.17, 15) is 24.9 Å². The molecule has 2 aliphatic carbocycles. The van der Waals surface area contributed by atoms with Crippen molar-refractivity contribution in [2.45, 2.75) is 119 Å². The third-order valence-corrected chi connectivity index (χ3v) is 15.8. The first-order valence-corrected chi connectivity index (χ1v) is 24.6. The van der Waals surface area contributed by atoms with E-state index in [1.165, 1.54) is 23.8 Å². The highest BCUT2D eigenvalue weighted by molar-refractivity contribution is 5.90. The molecule has 3 N–H and O–H groups in total. The van der Waals surface area contributed by atoms with Gasteiger partial charge in [-0.3, -0.25) is 4.79 Å². The van der Waals surface area contributed by atoms with Crippen LogP contribution in [0, 0.1) is 17.8 Å². The van der Waals surface area contributed by atoms with Crippen molar-refractivity contribution in [2.75, 3.05) is 26.9 Å². The number of allylic oxidation sites excluding steroid dienone is 2. The Labute approximate surface area is 408 Å². The summed E-state index contributed by atoms with van der Waals surface area (Å²) >= 11 is 0. The van der Waals surface area contributed by atoms with E-state index in [0.29, 0.717) is 29.4 Å². The third kappa shape index (κ3) is 8.59. The van der Waals surface area contributed by atoms with Gasteiger partial charge in [0.15, 0.2) is 17.8 Å². The number of ether oxygens (including phenoxy) is 4.